The predicted molar refractivity (Wildman–Crippen MR) is 122 cm³/mol. The van der Waals surface area contributed by atoms with Crippen LogP contribution in [0.3, 0.4) is 0 Å². The van der Waals surface area contributed by atoms with E-state index in [0.717, 1.165) is 33.3 Å². The summed E-state index contributed by atoms with van der Waals surface area (Å²) in [5.74, 6) is 6.49. The van der Waals surface area contributed by atoms with Crippen molar-refractivity contribution in [3.05, 3.63) is 83.2 Å². The molecule has 2 N–H and O–H groups in total. The zero-order chi connectivity index (χ0) is 22.7. The number of nitrogens with one attached hydrogen (secondary N) is 1. The second-order valence-corrected chi connectivity index (χ2v) is 7.28. The second-order valence-electron chi connectivity index (χ2n) is 7.28. The molecule has 6 heteroatoms. The van der Waals surface area contributed by atoms with Crippen LogP contribution < -0.4 is 4.74 Å². The topological polar surface area (TPSA) is 84.4 Å². The molecule has 6 nitrogen and oxygen atoms in total. The van der Waals surface area contributed by atoms with Crippen molar-refractivity contribution in [2.45, 2.75) is 13.0 Å². The monoisotopic (exact) mass is 426 g/mol. The molecule has 2 heterocycles. The first-order chi connectivity index (χ1) is 15.5. The van der Waals surface area contributed by atoms with E-state index in [2.05, 4.69) is 21.8 Å². The maximum absolute atomic E-state index is 11.7. The van der Waals surface area contributed by atoms with E-state index in [-0.39, 0.29) is 0 Å². The molecular formula is C26H22N2O4. The number of pyridine rings is 1. The van der Waals surface area contributed by atoms with Crippen LogP contribution in [0.5, 0.6) is 5.75 Å². The normalized spacial score (nSPS) is 11.5. The third-order valence-corrected chi connectivity index (χ3v) is 5.17. The van der Waals surface area contributed by atoms with Crippen LogP contribution in [-0.4, -0.2) is 35.3 Å². The molecule has 32 heavy (non-hydrogen) atoms. The second kappa shape index (κ2) is 8.96. The summed E-state index contributed by atoms with van der Waals surface area (Å²) in [6, 6.07) is 14.7. The zero-order valence-corrected chi connectivity index (χ0v) is 18.0. The smallest absolute Gasteiger partial charge is 0.337 e. The summed E-state index contributed by atoms with van der Waals surface area (Å²) in [7, 11) is 2.94. The summed E-state index contributed by atoms with van der Waals surface area (Å²) in [6.45, 7) is 1.71. The minimum absolute atomic E-state index is 0.397. The highest BCUT2D eigenvalue weighted by atomic mass is 16.5. The van der Waals surface area contributed by atoms with Crippen LogP contribution in [0.25, 0.3) is 22.2 Å². The number of benzene rings is 2. The number of aliphatic hydroxyl groups excluding tert-OH is 1. The third-order valence-electron chi connectivity index (χ3n) is 5.17. The molecule has 0 saturated carbocycles. The van der Waals surface area contributed by atoms with Crippen LogP contribution in [0.15, 0.2) is 60.9 Å². The van der Waals surface area contributed by atoms with Crippen molar-refractivity contribution >= 4 is 17.0 Å². The Morgan fingerprint density at radius 1 is 1.09 bits per heavy atom. The Morgan fingerprint density at radius 3 is 2.69 bits per heavy atom. The minimum Gasteiger partial charge on any atom is -0.496 e. The summed E-state index contributed by atoms with van der Waals surface area (Å²) in [4.78, 5) is 19.4. The molecule has 0 fully saturated rings. The van der Waals surface area contributed by atoms with Crippen LogP contribution in [0, 0.1) is 11.8 Å². The molecule has 160 valence electrons. The fraction of sp³-hybridized carbons (Fsp3) is 0.154. The first-order valence-electron chi connectivity index (χ1n) is 10.0. The number of hydrogen-bond donors (Lipinski definition) is 2. The molecule has 2 aromatic carbocycles. The van der Waals surface area contributed by atoms with Gasteiger partial charge in [-0.2, -0.15) is 0 Å². The van der Waals surface area contributed by atoms with Gasteiger partial charge in [0.25, 0.3) is 0 Å². The number of carbonyl (C=O) groups is 1. The van der Waals surface area contributed by atoms with E-state index in [9.17, 15) is 9.90 Å². The van der Waals surface area contributed by atoms with Gasteiger partial charge in [0.15, 0.2) is 0 Å². The molecule has 4 aromatic rings. The fourth-order valence-electron chi connectivity index (χ4n) is 3.48. The number of fused-ring (bicyclic) bond motifs is 1. The van der Waals surface area contributed by atoms with E-state index >= 15 is 0 Å². The summed E-state index contributed by atoms with van der Waals surface area (Å²) < 4.78 is 10.2. The molecule has 1 atom stereocenters. The number of aliphatic hydroxyl groups is 1. The first kappa shape index (κ1) is 21.2. The van der Waals surface area contributed by atoms with Gasteiger partial charge < -0.3 is 19.6 Å². The van der Waals surface area contributed by atoms with Gasteiger partial charge in [0.05, 0.1) is 31.5 Å². The fourth-order valence-corrected chi connectivity index (χ4v) is 3.48. The summed E-state index contributed by atoms with van der Waals surface area (Å²) in [6.07, 6.45) is 2.98. The van der Waals surface area contributed by atoms with E-state index in [1.165, 1.54) is 7.11 Å². The number of aromatic amines is 1. The van der Waals surface area contributed by atoms with Crippen molar-refractivity contribution in [1.29, 1.82) is 0 Å². The van der Waals surface area contributed by atoms with Gasteiger partial charge in [-0.15, -0.1) is 0 Å². The highest BCUT2D eigenvalue weighted by Crippen LogP contribution is 2.32. The SMILES string of the molecule is COC(=O)c1cccc(C#Cc2c[nH]c3ncc(-c4ccc(C(C)O)c(OC)c4)cc23)c1. The molecule has 1 unspecified atom stereocenters. The van der Waals surface area contributed by atoms with E-state index in [0.29, 0.717) is 16.9 Å². The van der Waals surface area contributed by atoms with Crippen molar-refractivity contribution in [2.75, 3.05) is 14.2 Å². The number of H-pyrrole nitrogens is 1. The summed E-state index contributed by atoms with van der Waals surface area (Å²) in [5.41, 5.74) is 5.25. The molecule has 2 aromatic heterocycles. The molecule has 0 aliphatic heterocycles. The number of methoxy groups -OCH3 is 2. The van der Waals surface area contributed by atoms with Gasteiger partial charge in [0, 0.05) is 34.5 Å². The van der Waals surface area contributed by atoms with Gasteiger partial charge >= 0.3 is 5.97 Å². The Labute approximate surface area is 185 Å². The van der Waals surface area contributed by atoms with E-state index in [1.54, 1.807) is 38.4 Å². The zero-order valence-electron chi connectivity index (χ0n) is 18.0. The van der Waals surface area contributed by atoms with Crippen molar-refractivity contribution in [1.82, 2.24) is 9.97 Å². The quantitative estimate of drug-likeness (QED) is 0.371. The number of hydrogen-bond acceptors (Lipinski definition) is 5. The number of ether oxygens (including phenoxy) is 2. The standard InChI is InChI=1S/C26H22N2O4/c1-16(29)22-10-9-18(13-24(22)31-2)21-12-23-20(14-27-25(23)28-15-21)8-7-17-5-4-6-19(11-17)26(30)32-3/h4-6,9-16,29H,1-3H3,(H,27,28). The van der Waals surface area contributed by atoms with Gasteiger partial charge in [-0.3, -0.25) is 0 Å². The van der Waals surface area contributed by atoms with E-state index in [1.807, 2.05) is 36.5 Å². The van der Waals surface area contributed by atoms with Gasteiger partial charge in [0.1, 0.15) is 11.4 Å². The van der Waals surface area contributed by atoms with Gasteiger partial charge in [-0.05, 0) is 42.8 Å². The molecule has 0 aliphatic rings. The largest absolute Gasteiger partial charge is 0.496 e. The van der Waals surface area contributed by atoms with Gasteiger partial charge in [0.2, 0.25) is 0 Å². The first-order valence-corrected chi connectivity index (χ1v) is 10.0. The number of aromatic nitrogens is 2. The Bertz CT molecular complexity index is 1360. The molecule has 0 aliphatic carbocycles. The maximum Gasteiger partial charge on any atom is 0.337 e. The van der Waals surface area contributed by atoms with Crippen molar-refractivity contribution in [2.24, 2.45) is 0 Å². The highest BCUT2D eigenvalue weighted by Gasteiger charge is 2.12. The van der Waals surface area contributed by atoms with Crippen LogP contribution >= 0.6 is 0 Å². The van der Waals surface area contributed by atoms with Crippen molar-refractivity contribution in [3.63, 3.8) is 0 Å². The van der Waals surface area contributed by atoms with E-state index in [4.69, 9.17) is 9.47 Å². The number of nitrogens with zero attached hydrogens (tertiary/aromatic N) is 1. The van der Waals surface area contributed by atoms with Crippen LogP contribution in [0.1, 0.15) is 40.1 Å². The molecular weight excluding hydrogens is 404 g/mol. The lowest BCUT2D eigenvalue weighted by Gasteiger charge is -2.12. The summed E-state index contributed by atoms with van der Waals surface area (Å²) >= 11 is 0. The Balaban J connectivity index is 1.71. The van der Waals surface area contributed by atoms with Gasteiger partial charge in [-0.25, -0.2) is 9.78 Å². The summed E-state index contributed by atoms with van der Waals surface area (Å²) in [5, 5.41) is 10.8. The molecule has 0 amide bonds. The minimum atomic E-state index is -0.621. The number of carbonyl (C=O) groups excluding carboxylic acids is 1. The molecule has 0 bridgehead atoms. The lowest BCUT2D eigenvalue weighted by atomic mass is 10.0. The molecule has 0 spiro atoms. The number of rotatable bonds is 4. The Kier molecular flexibility index (Phi) is 5.93. The average molecular weight is 426 g/mol. The van der Waals surface area contributed by atoms with Crippen LogP contribution in [-0.2, 0) is 4.74 Å². The van der Waals surface area contributed by atoms with Crippen LogP contribution in [0.4, 0.5) is 0 Å². The number of esters is 1. The third kappa shape index (κ3) is 4.20. The molecule has 0 saturated heterocycles. The highest BCUT2D eigenvalue weighted by molar-refractivity contribution is 5.90. The Hall–Kier alpha value is -4.08. The lowest BCUT2D eigenvalue weighted by molar-refractivity contribution is 0.0600. The Morgan fingerprint density at radius 2 is 1.94 bits per heavy atom. The van der Waals surface area contributed by atoms with Crippen molar-refractivity contribution < 1.29 is 19.4 Å². The molecule has 4 rings (SSSR count). The molecule has 0 radical (unpaired) electrons. The maximum atomic E-state index is 11.7. The lowest BCUT2D eigenvalue weighted by Crippen LogP contribution is -2.00. The van der Waals surface area contributed by atoms with Crippen molar-refractivity contribution in [3.8, 4) is 28.7 Å². The van der Waals surface area contributed by atoms with Crippen LogP contribution in [0.2, 0.25) is 0 Å². The average Bonchev–Trinajstić information content (AvgIpc) is 3.24. The predicted octanol–water partition coefficient (Wildman–Crippen LogP) is 4.48. The van der Waals surface area contributed by atoms with Gasteiger partial charge in [-0.1, -0.05) is 30.0 Å². The van der Waals surface area contributed by atoms with E-state index < -0.39 is 12.1 Å².